The van der Waals surface area contributed by atoms with Crippen LogP contribution in [-0.4, -0.2) is 28.4 Å². The Morgan fingerprint density at radius 1 is 1.14 bits per heavy atom. The van der Waals surface area contributed by atoms with Crippen molar-refractivity contribution in [3.63, 3.8) is 0 Å². The summed E-state index contributed by atoms with van der Waals surface area (Å²) in [5, 5.41) is 21.1. The second kappa shape index (κ2) is 6.14. The average Bonchev–Trinajstić information content (AvgIpc) is 2.49. The van der Waals surface area contributed by atoms with Gasteiger partial charge in [-0.1, -0.05) is 37.3 Å². The second-order valence-corrected chi connectivity index (χ2v) is 5.05. The zero-order chi connectivity index (χ0) is 15.5. The van der Waals surface area contributed by atoms with Crippen molar-refractivity contribution in [1.29, 1.82) is 0 Å². The minimum atomic E-state index is -1.23. The molecular formula is C17H20O4. The van der Waals surface area contributed by atoms with Crippen LogP contribution in [-0.2, 0) is 16.0 Å². The lowest BCUT2D eigenvalue weighted by Crippen LogP contribution is -2.43. The highest BCUT2D eigenvalue weighted by molar-refractivity contribution is 5.91. The molecule has 2 N–H and O–H groups in total. The molecule has 2 aromatic carbocycles. The second-order valence-electron chi connectivity index (χ2n) is 5.05. The van der Waals surface area contributed by atoms with Crippen LogP contribution >= 0.6 is 0 Å². The van der Waals surface area contributed by atoms with Gasteiger partial charge in [0.25, 0.3) is 0 Å². The van der Waals surface area contributed by atoms with Gasteiger partial charge in [-0.25, -0.2) is 4.79 Å². The molecule has 4 nitrogen and oxygen atoms in total. The Kier molecular flexibility index (Phi) is 4.48. The Morgan fingerprint density at radius 3 is 2.38 bits per heavy atom. The number of rotatable bonds is 6. The van der Waals surface area contributed by atoms with Crippen LogP contribution in [0.5, 0.6) is 5.75 Å². The molecule has 1 atom stereocenters. The number of aliphatic carboxylic acids is 1. The molecule has 0 fully saturated rings. The number of phenols is 1. The number of aromatic hydroxyl groups is 1. The first-order chi connectivity index (χ1) is 10.0. The van der Waals surface area contributed by atoms with Crippen molar-refractivity contribution < 1.29 is 19.7 Å². The molecule has 21 heavy (non-hydrogen) atoms. The molecule has 0 heterocycles. The van der Waals surface area contributed by atoms with E-state index in [1.54, 1.807) is 19.1 Å². The van der Waals surface area contributed by atoms with Gasteiger partial charge < -0.3 is 14.9 Å². The first-order valence-electron chi connectivity index (χ1n) is 7.11. The lowest BCUT2D eigenvalue weighted by molar-refractivity contribution is -0.166. The number of hydrogen-bond acceptors (Lipinski definition) is 3. The highest BCUT2D eigenvalue weighted by atomic mass is 16.5. The summed E-state index contributed by atoms with van der Waals surface area (Å²) in [5.41, 5.74) is -0.366. The summed E-state index contributed by atoms with van der Waals surface area (Å²) < 4.78 is 5.56. The number of carbonyl (C=O) groups is 1. The summed E-state index contributed by atoms with van der Waals surface area (Å²) in [7, 11) is 0. The van der Waals surface area contributed by atoms with E-state index in [9.17, 15) is 15.0 Å². The fourth-order valence-electron chi connectivity index (χ4n) is 2.65. The molecule has 0 amide bonds. The van der Waals surface area contributed by atoms with E-state index < -0.39 is 11.6 Å². The standard InChI is InChI=1S/C17H20O4/c1-3-17(16(19)20,21-4-2)11-12-9-10-15(18)14-8-6-5-7-13(12)14/h5-10,18H,3-4,11H2,1-2H3,(H,19,20). The summed E-state index contributed by atoms with van der Waals surface area (Å²) in [6.07, 6.45) is 0.652. The van der Waals surface area contributed by atoms with Crippen LogP contribution in [0, 0.1) is 0 Å². The van der Waals surface area contributed by atoms with Gasteiger partial charge in [-0.2, -0.15) is 0 Å². The van der Waals surface area contributed by atoms with Crippen LogP contribution in [0.3, 0.4) is 0 Å². The van der Waals surface area contributed by atoms with Crippen molar-refractivity contribution in [2.24, 2.45) is 0 Å². The van der Waals surface area contributed by atoms with E-state index in [0.29, 0.717) is 13.0 Å². The van der Waals surface area contributed by atoms with Gasteiger partial charge in [0.15, 0.2) is 5.60 Å². The van der Waals surface area contributed by atoms with Crippen LogP contribution in [0.4, 0.5) is 0 Å². The molecule has 0 aliphatic carbocycles. The maximum Gasteiger partial charge on any atom is 0.336 e. The monoisotopic (exact) mass is 288 g/mol. The Bertz CT molecular complexity index is 650. The molecule has 4 heteroatoms. The first kappa shape index (κ1) is 15.3. The van der Waals surface area contributed by atoms with Gasteiger partial charge in [0.1, 0.15) is 5.75 Å². The Morgan fingerprint density at radius 2 is 1.81 bits per heavy atom. The lowest BCUT2D eigenvalue weighted by Gasteiger charge is -2.28. The van der Waals surface area contributed by atoms with Gasteiger partial charge in [-0.05, 0) is 30.4 Å². The van der Waals surface area contributed by atoms with Gasteiger partial charge in [0, 0.05) is 18.4 Å². The minimum absolute atomic E-state index is 0.197. The molecule has 0 aromatic heterocycles. The number of ether oxygens (including phenoxy) is 1. The van der Waals surface area contributed by atoms with E-state index in [1.165, 1.54) is 0 Å². The molecule has 2 rings (SSSR count). The van der Waals surface area contributed by atoms with E-state index in [0.717, 1.165) is 16.3 Å². The summed E-state index contributed by atoms with van der Waals surface area (Å²) in [4.78, 5) is 11.7. The van der Waals surface area contributed by atoms with E-state index in [1.807, 2.05) is 31.2 Å². The van der Waals surface area contributed by atoms with Gasteiger partial charge >= 0.3 is 5.97 Å². The average molecular weight is 288 g/mol. The maximum atomic E-state index is 11.7. The van der Waals surface area contributed by atoms with E-state index in [-0.39, 0.29) is 12.2 Å². The number of fused-ring (bicyclic) bond motifs is 1. The van der Waals surface area contributed by atoms with Crippen molar-refractivity contribution in [1.82, 2.24) is 0 Å². The topological polar surface area (TPSA) is 66.8 Å². The summed E-state index contributed by atoms with van der Waals surface area (Å²) in [6, 6.07) is 10.8. The van der Waals surface area contributed by atoms with Crippen molar-refractivity contribution in [2.75, 3.05) is 6.61 Å². The van der Waals surface area contributed by atoms with Crippen LogP contribution < -0.4 is 0 Å². The van der Waals surface area contributed by atoms with Crippen LogP contribution in [0.2, 0.25) is 0 Å². The largest absolute Gasteiger partial charge is 0.507 e. The van der Waals surface area contributed by atoms with Crippen molar-refractivity contribution in [3.05, 3.63) is 42.0 Å². The SMILES string of the molecule is CCOC(CC)(Cc1ccc(O)c2ccccc12)C(=O)O. The summed E-state index contributed by atoms with van der Waals surface area (Å²) in [5.74, 6) is -0.757. The number of hydrogen-bond donors (Lipinski definition) is 2. The molecule has 112 valence electrons. The Labute approximate surface area is 124 Å². The molecular weight excluding hydrogens is 268 g/mol. The van der Waals surface area contributed by atoms with Crippen molar-refractivity contribution in [2.45, 2.75) is 32.3 Å². The van der Waals surface area contributed by atoms with Gasteiger partial charge in [-0.3, -0.25) is 0 Å². The van der Waals surface area contributed by atoms with Crippen LogP contribution in [0.15, 0.2) is 36.4 Å². The van der Waals surface area contributed by atoms with Gasteiger partial charge in [0.05, 0.1) is 0 Å². The van der Waals surface area contributed by atoms with Crippen LogP contribution in [0.25, 0.3) is 10.8 Å². The Balaban J connectivity index is 2.51. The quantitative estimate of drug-likeness (QED) is 0.855. The maximum absolute atomic E-state index is 11.7. The third-order valence-corrected chi connectivity index (χ3v) is 3.85. The summed E-state index contributed by atoms with van der Waals surface area (Å²) >= 11 is 0. The molecule has 0 aliphatic heterocycles. The van der Waals surface area contributed by atoms with Gasteiger partial charge in [0.2, 0.25) is 0 Å². The lowest BCUT2D eigenvalue weighted by atomic mass is 9.89. The molecule has 0 radical (unpaired) electrons. The predicted molar refractivity (Wildman–Crippen MR) is 81.6 cm³/mol. The highest BCUT2D eigenvalue weighted by Crippen LogP contribution is 2.31. The predicted octanol–water partition coefficient (Wildman–Crippen LogP) is 3.36. The van der Waals surface area contributed by atoms with E-state index >= 15 is 0 Å². The number of phenolic OH excluding ortho intramolecular Hbond substituents is 1. The highest BCUT2D eigenvalue weighted by Gasteiger charge is 2.38. The number of carboxylic acids is 1. The minimum Gasteiger partial charge on any atom is -0.507 e. The molecule has 2 aromatic rings. The zero-order valence-corrected chi connectivity index (χ0v) is 12.3. The van der Waals surface area contributed by atoms with E-state index in [4.69, 9.17) is 4.74 Å². The van der Waals surface area contributed by atoms with Crippen molar-refractivity contribution in [3.8, 4) is 5.75 Å². The third-order valence-electron chi connectivity index (χ3n) is 3.85. The van der Waals surface area contributed by atoms with Crippen molar-refractivity contribution >= 4 is 16.7 Å². The molecule has 1 unspecified atom stereocenters. The normalized spacial score (nSPS) is 14.0. The third kappa shape index (κ3) is 2.85. The molecule has 0 spiro atoms. The number of carboxylic acid groups (broad SMARTS) is 1. The van der Waals surface area contributed by atoms with Gasteiger partial charge in [-0.15, -0.1) is 0 Å². The smallest absolute Gasteiger partial charge is 0.336 e. The molecule has 0 aliphatic rings. The number of benzene rings is 2. The first-order valence-corrected chi connectivity index (χ1v) is 7.11. The molecule has 0 bridgehead atoms. The Hall–Kier alpha value is -2.07. The fourth-order valence-corrected chi connectivity index (χ4v) is 2.65. The molecule has 0 saturated carbocycles. The van der Waals surface area contributed by atoms with E-state index in [2.05, 4.69) is 0 Å². The summed E-state index contributed by atoms with van der Waals surface area (Å²) in [6.45, 7) is 3.95. The zero-order valence-electron chi connectivity index (χ0n) is 12.3. The molecule has 0 saturated heterocycles. The van der Waals surface area contributed by atoms with Crippen LogP contribution in [0.1, 0.15) is 25.8 Å². The fraction of sp³-hybridized carbons (Fsp3) is 0.353.